The third-order valence-corrected chi connectivity index (χ3v) is 17.3. The predicted octanol–water partition coefficient (Wildman–Crippen LogP) is 13.6. The molecule has 294 valence electrons. The van der Waals surface area contributed by atoms with Gasteiger partial charge in [0.1, 0.15) is 16.1 Å². The molecule has 0 amide bonds. The van der Waals surface area contributed by atoms with E-state index >= 15 is 0 Å². The van der Waals surface area contributed by atoms with Crippen molar-refractivity contribution in [3.05, 3.63) is 69.8 Å². The second-order valence-corrected chi connectivity index (χ2v) is 27.5. The topological polar surface area (TPSA) is 18.5 Å². The molecule has 0 N–H and O–H groups in total. The predicted molar refractivity (Wildman–Crippen MR) is 241 cm³/mol. The molecule has 0 heterocycles. The lowest BCUT2D eigenvalue weighted by Gasteiger charge is -2.38. The largest absolute Gasteiger partial charge is 0.377 e. The Morgan fingerprint density at radius 2 is 0.815 bits per heavy atom. The fraction of sp³-hybridized carbons (Fsp3) is 0.600. The van der Waals surface area contributed by atoms with Gasteiger partial charge in [0.05, 0.1) is 13.2 Å². The smallest absolute Gasteiger partial charge is 0.146 e. The maximum atomic E-state index is 6.17. The van der Waals surface area contributed by atoms with Gasteiger partial charge in [0.25, 0.3) is 0 Å². The van der Waals surface area contributed by atoms with Crippen LogP contribution in [0.5, 0.6) is 0 Å². The van der Waals surface area contributed by atoms with Crippen LogP contribution in [0.15, 0.2) is 36.4 Å². The summed E-state index contributed by atoms with van der Waals surface area (Å²) in [6, 6.07) is 12.8. The van der Waals surface area contributed by atoms with Gasteiger partial charge in [0.2, 0.25) is 0 Å². The first-order valence-corrected chi connectivity index (χ1v) is 27.1. The van der Waals surface area contributed by atoms with Gasteiger partial charge in [-0.15, -0.1) is 11.1 Å². The zero-order valence-corrected chi connectivity index (χ0v) is 38.3. The Hall–Kier alpha value is -2.97. The molecule has 2 nitrogen and oxygen atoms in total. The Morgan fingerprint density at radius 1 is 0.463 bits per heavy atom. The van der Waals surface area contributed by atoms with Crippen molar-refractivity contribution < 1.29 is 9.47 Å². The number of ether oxygens (including phenoxy) is 2. The second kappa shape index (κ2) is 26.0. The van der Waals surface area contributed by atoms with Crippen molar-refractivity contribution in [2.45, 2.75) is 182 Å². The molecule has 0 aliphatic carbocycles. The maximum absolute atomic E-state index is 6.17. The lowest BCUT2D eigenvalue weighted by molar-refractivity contribution is 0.116. The van der Waals surface area contributed by atoms with Crippen LogP contribution in [0.4, 0.5) is 0 Å². The molecular formula is C50H74O2Si2. The molecule has 4 heteroatoms. The fourth-order valence-corrected chi connectivity index (χ4v) is 13.0. The fourth-order valence-electron chi connectivity index (χ4n) is 7.27. The molecule has 54 heavy (non-hydrogen) atoms. The Labute approximate surface area is 335 Å². The van der Waals surface area contributed by atoms with E-state index in [2.05, 4.69) is 158 Å². The lowest BCUT2D eigenvalue weighted by Crippen LogP contribution is -2.43. The maximum Gasteiger partial charge on any atom is 0.146 e. The number of unbranched alkanes of at least 4 members (excludes halogenated alkanes) is 10. The third kappa shape index (κ3) is 18.6. The summed E-state index contributed by atoms with van der Waals surface area (Å²) in [4.78, 5) is 0. The summed E-state index contributed by atoms with van der Waals surface area (Å²) in [5.74, 6) is 20.1. The minimum absolute atomic E-state index is 0.570. The van der Waals surface area contributed by atoms with Crippen molar-refractivity contribution in [3.63, 3.8) is 0 Å². The van der Waals surface area contributed by atoms with Crippen molar-refractivity contribution in [3.8, 4) is 46.6 Å². The van der Waals surface area contributed by atoms with Gasteiger partial charge < -0.3 is 9.47 Å². The normalized spacial score (nSPS) is 11.4. The van der Waals surface area contributed by atoms with Crippen LogP contribution in [0.2, 0.25) is 36.3 Å². The molecule has 2 rings (SSSR count). The Kier molecular flexibility index (Phi) is 22.7. The Balaban J connectivity index is 2.36. The highest BCUT2D eigenvalue weighted by Crippen LogP contribution is 2.40. The average molecular weight is 763 g/mol. The first-order chi connectivity index (χ1) is 25.8. The van der Waals surface area contributed by atoms with Crippen molar-refractivity contribution in [1.82, 2.24) is 0 Å². The van der Waals surface area contributed by atoms with Gasteiger partial charge in [0, 0.05) is 35.5 Å². The number of benzene rings is 2. The van der Waals surface area contributed by atoms with Gasteiger partial charge in [-0.05, 0) is 88.8 Å². The van der Waals surface area contributed by atoms with Gasteiger partial charge in [0.15, 0.2) is 0 Å². The molecule has 0 saturated carbocycles. The molecule has 2 aromatic carbocycles. The van der Waals surface area contributed by atoms with Crippen LogP contribution in [0.1, 0.15) is 166 Å². The highest BCUT2D eigenvalue weighted by atomic mass is 28.3. The third-order valence-electron chi connectivity index (χ3n) is 10.2. The first kappa shape index (κ1) is 47.2. The van der Waals surface area contributed by atoms with Crippen molar-refractivity contribution in [1.29, 1.82) is 0 Å². The van der Waals surface area contributed by atoms with Crippen molar-refractivity contribution >= 4 is 16.1 Å². The number of hydrogen-bond donors (Lipinski definition) is 0. The van der Waals surface area contributed by atoms with Gasteiger partial charge in [-0.3, -0.25) is 0 Å². The SMILES string of the molecule is CCCCCCCCOCc1cc(C#CC#Cc2cc(C#C[Si](C(C)C)(C(C)C)C(C)C)cc(COCCCCCCCC)c2)cc(C#C[Si](C)(C)C)c1. The van der Waals surface area contributed by atoms with Gasteiger partial charge in [-0.1, -0.05) is 163 Å². The van der Waals surface area contributed by atoms with E-state index in [1.807, 2.05) is 0 Å². The van der Waals surface area contributed by atoms with Crippen LogP contribution >= 0.6 is 0 Å². The molecule has 0 saturated heterocycles. The van der Waals surface area contributed by atoms with Crippen LogP contribution in [0.25, 0.3) is 0 Å². The molecule has 0 aliphatic rings. The van der Waals surface area contributed by atoms with E-state index in [-0.39, 0.29) is 0 Å². The quantitative estimate of drug-likeness (QED) is 0.0716. The average Bonchev–Trinajstić information content (AvgIpc) is 3.11. The molecule has 0 radical (unpaired) electrons. The van der Waals surface area contributed by atoms with Crippen LogP contribution in [0.3, 0.4) is 0 Å². The summed E-state index contributed by atoms with van der Waals surface area (Å²) in [6.45, 7) is 28.2. The number of hydrogen-bond acceptors (Lipinski definition) is 2. The molecule has 0 spiro atoms. The zero-order valence-electron chi connectivity index (χ0n) is 36.3. The zero-order chi connectivity index (χ0) is 39.8. The second-order valence-electron chi connectivity index (χ2n) is 17.1. The van der Waals surface area contributed by atoms with Crippen LogP contribution in [0, 0.1) is 46.6 Å². The molecule has 0 aliphatic heterocycles. The molecule has 0 atom stereocenters. The Bertz CT molecular complexity index is 1630. The van der Waals surface area contributed by atoms with Crippen LogP contribution < -0.4 is 0 Å². The Morgan fingerprint density at radius 3 is 1.19 bits per heavy atom. The molecular weight excluding hydrogens is 689 g/mol. The van der Waals surface area contributed by atoms with Crippen molar-refractivity contribution in [2.75, 3.05) is 13.2 Å². The number of rotatable bonds is 21. The first-order valence-electron chi connectivity index (χ1n) is 21.3. The molecule has 0 unspecified atom stereocenters. The van der Waals surface area contributed by atoms with Crippen LogP contribution in [-0.2, 0) is 22.7 Å². The lowest BCUT2D eigenvalue weighted by atomic mass is 10.1. The van der Waals surface area contributed by atoms with E-state index in [0.717, 1.165) is 59.4 Å². The standard InChI is InChI=1S/C50H74O2Si2/c1-12-14-16-18-20-24-30-51-40-49-36-45(34-47(38-49)28-32-53(9,10)11)26-22-23-27-46-35-48(29-33-54(42(3)4,43(5)6)44(7)8)39-50(37-46)41-52-31-25-21-19-17-15-13-2/h34-39,42-44H,12-21,24-25,30-31,40-41H2,1-11H3. The van der Waals surface area contributed by atoms with Crippen LogP contribution in [-0.4, -0.2) is 29.4 Å². The van der Waals surface area contributed by atoms with Gasteiger partial charge >= 0.3 is 0 Å². The molecule has 2 aromatic rings. The summed E-state index contributed by atoms with van der Waals surface area (Å²) in [6.07, 6.45) is 15.1. The van der Waals surface area contributed by atoms with E-state index in [9.17, 15) is 0 Å². The molecule has 0 aromatic heterocycles. The highest BCUT2D eigenvalue weighted by Gasteiger charge is 2.41. The summed E-state index contributed by atoms with van der Waals surface area (Å²) < 4.78 is 12.3. The summed E-state index contributed by atoms with van der Waals surface area (Å²) in [5, 5.41) is 0. The highest BCUT2D eigenvalue weighted by molar-refractivity contribution is 6.90. The van der Waals surface area contributed by atoms with E-state index in [1.54, 1.807) is 0 Å². The van der Waals surface area contributed by atoms with E-state index in [1.165, 1.54) is 64.2 Å². The van der Waals surface area contributed by atoms with E-state index < -0.39 is 16.1 Å². The minimum atomic E-state index is -1.88. The van der Waals surface area contributed by atoms with E-state index in [0.29, 0.717) is 29.8 Å². The van der Waals surface area contributed by atoms with Gasteiger partial charge in [-0.25, -0.2) is 0 Å². The summed E-state index contributed by atoms with van der Waals surface area (Å²) in [7, 11) is -3.40. The molecule has 0 fully saturated rings. The monoisotopic (exact) mass is 763 g/mol. The summed E-state index contributed by atoms with van der Waals surface area (Å²) >= 11 is 0. The minimum Gasteiger partial charge on any atom is -0.377 e. The summed E-state index contributed by atoms with van der Waals surface area (Å²) in [5.41, 5.74) is 15.3. The van der Waals surface area contributed by atoms with Gasteiger partial charge in [-0.2, -0.15) is 0 Å². The van der Waals surface area contributed by atoms with E-state index in [4.69, 9.17) is 9.47 Å². The molecule has 0 bridgehead atoms. The van der Waals surface area contributed by atoms with Crippen molar-refractivity contribution in [2.24, 2.45) is 0 Å².